The van der Waals surface area contributed by atoms with Gasteiger partial charge in [0.05, 0.1) is 6.54 Å². The van der Waals surface area contributed by atoms with Gasteiger partial charge in [0.1, 0.15) is 11.9 Å². The molecule has 28 heavy (non-hydrogen) atoms. The van der Waals surface area contributed by atoms with Gasteiger partial charge in [0.25, 0.3) is 5.92 Å². The summed E-state index contributed by atoms with van der Waals surface area (Å²) in [6, 6.07) is 11.3. The fraction of sp³-hybridized carbons (Fsp3) is 0.450. The number of nitrogens with one attached hydrogen (secondary N) is 1. The van der Waals surface area contributed by atoms with Gasteiger partial charge in [0, 0.05) is 38.0 Å². The summed E-state index contributed by atoms with van der Waals surface area (Å²) in [5.41, 5.74) is 2.30. The second kappa shape index (κ2) is 7.69. The van der Waals surface area contributed by atoms with Gasteiger partial charge in [-0.1, -0.05) is 24.3 Å². The van der Waals surface area contributed by atoms with Crippen LogP contribution in [-0.4, -0.2) is 52.9 Å². The number of carbonyl (C=O) groups is 1. The lowest BCUT2D eigenvalue weighted by molar-refractivity contribution is -0.103. The summed E-state index contributed by atoms with van der Waals surface area (Å²) in [4.78, 5) is 13.5. The predicted molar refractivity (Wildman–Crippen MR) is 99.3 cm³/mol. The van der Waals surface area contributed by atoms with E-state index in [2.05, 4.69) is 15.5 Å². The summed E-state index contributed by atoms with van der Waals surface area (Å²) >= 11 is 0. The molecule has 2 heterocycles. The van der Waals surface area contributed by atoms with Crippen molar-refractivity contribution in [1.82, 2.24) is 15.1 Å². The molecule has 1 aliphatic carbocycles. The second-order valence-corrected chi connectivity index (χ2v) is 7.34. The number of carbonyl (C=O) groups excluding carboxylic acids is 1. The average molecular weight is 388 g/mol. The monoisotopic (exact) mass is 388 g/mol. The average Bonchev–Trinajstić information content (AvgIpc) is 3.09. The molecule has 1 saturated heterocycles. The third-order valence-corrected chi connectivity index (χ3v) is 5.39. The molecule has 148 valence electrons. The maximum atomic E-state index is 14.6. The Morgan fingerprint density at radius 1 is 1.21 bits per heavy atom. The molecule has 8 heteroatoms. The van der Waals surface area contributed by atoms with Gasteiger partial charge in [-0.05, 0) is 29.7 Å². The molecule has 1 atom stereocenters. The largest absolute Gasteiger partial charge is 0.445 e. The molecule has 2 aliphatic rings. The van der Waals surface area contributed by atoms with Crippen LogP contribution in [0, 0.1) is 5.92 Å². The van der Waals surface area contributed by atoms with Crippen molar-refractivity contribution in [3.8, 4) is 0 Å². The molecule has 6 nitrogen and oxygen atoms in total. The highest BCUT2D eigenvalue weighted by atomic mass is 19.3. The number of amides is 1. The van der Waals surface area contributed by atoms with Gasteiger partial charge in [0.15, 0.2) is 0 Å². The number of ether oxygens (including phenoxy) is 1. The molecule has 1 aromatic carbocycles. The van der Waals surface area contributed by atoms with Crippen LogP contribution in [0.5, 0.6) is 0 Å². The second-order valence-electron chi connectivity index (χ2n) is 7.34. The molecular formula is C20H22F2N4O2. The molecule has 0 unspecified atom stereocenters. The molecule has 0 spiro atoms. The highest BCUT2D eigenvalue weighted by molar-refractivity contribution is 5.68. The van der Waals surface area contributed by atoms with Crippen molar-refractivity contribution >= 4 is 11.9 Å². The standard InChI is InChI=1S/C20H22F2N4O2/c21-20(22)13-26(9-7-16(20)12-23-18-6-3-8-24-25-18)19(27)28-17-10-14-4-1-2-5-15(14)11-17/h1-6,8,16-17H,7,9-13H2,(H,23,25)/t16-/m1/s1. The van der Waals surface area contributed by atoms with Crippen LogP contribution < -0.4 is 5.32 Å². The summed E-state index contributed by atoms with van der Waals surface area (Å²) in [5, 5.41) is 10.4. The van der Waals surface area contributed by atoms with E-state index < -0.39 is 24.5 Å². The quantitative estimate of drug-likeness (QED) is 0.872. The number of anilines is 1. The number of alkyl halides is 2. The van der Waals surface area contributed by atoms with Crippen molar-refractivity contribution in [2.75, 3.05) is 25.0 Å². The molecule has 1 fully saturated rings. The van der Waals surface area contributed by atoms with E-state index >= 15 is 0 Å². The van der Waals surface area contributed by atoms with Crippen molar-refractivity contribution in [3.05, 3.63) is 53.7 Å². The third-order valence-electron chi connectivity index (χ3n) is 5.39. The number of rotatable bonds is 4. The van der Waals surface area contributed by atoms with E-state index in [4.69, 9.17) is 4.74 Å². The topological polar surface area (TPSA) is 67.3 Å². The lowest BCUT2D eigenvalue weighted by Crippen LogP contribution is -2.53. The molecule has 1 amide bonds. The van der Waals surface area contributed by atoms with E-state index in [1.54, 1.807) is 12.1 Å². The van der Waals surface area contributed by atoms with E-state index in [1.165, 1.54) is 6.20 Å². The zero-order valence-electron chi connectivity index (χ0n) is 15.4. The Hall–Kier alpha value is -2.77. The third kappa shape index (κ3) is 4.05. The lowest BCUT2D eigenvalue weighted by Gasteiger charge is -2.38. The molecule has 0 bridgehead atoms. The van der Waals surface area contributed by atoms with Gasteiger partial charge >= 0.3 is 6.09 Å². The smallest absolute Gasteiger partial charge is 0.410 e. The fourth-order valence-electron chi connectivity index (χ4n) is 3.84. The Morgan fingerprint density at radius 3 is 2.61 bits per heavy atom. The zero-order chi connectivity index (χ0) is 19.6. The minimum absolute atomic E-state index is 0.0759. The number of likely N-dealkylation sites (tertiary alicyclic amines) is 1. The van der Waals surface area contributed by atoms with Crippen molar-refractivity contribution in [1.29, 1.82) is 0 Å². The van der Waals surface area contributed by atoms with Crippen molar-refractivity contribution in [2.24, 2.45) is 5.92 Å². The van der Waals surface area contributed by atoms with Gasteiger partial charge in [-0.25, -0.2) is 13.6 Å². The Kier molecular flexibility index (Phi) is 5.11. The number of nitrogens with zero attached hydrogens (tertiary/aromatic N) is 3. The summed E-state index contributed by atoms with van der Waals surface area (Å²) < 4.78 is 34.7. The number of hydrogen-bond acceptors (Lipinski definition) is 5. The van der Waals surface area contributed by atoms with Crippen molar-refractivity contribution in [3.63, 3.8) is 0 Å². The van der Waals surface area contributed by atoms with Crippen molar-refractivity contribution < 1.29 is 18.3 Å². The summed E-state index contributed by atoms with van der Waals surface area (Å²) in [6.07, 6.45) is 2.05. The van der Waals surface area contributed by atoms with E-state index in [0.717, 1.165) is 16.0 Å². The first-order valence-corrected chi connectivity index (χ1v) is 9.43. The normalized spacial score (nSPS) is 21.2. The molecule has 2 aromatic rings. The Morgan fingerprint density at radius 2 is 1.96 bits per heavy atom. The van der Waals surface area contributed by atoms with Crippen LogP contribution in [0.25, 0.3) is 0 Å². The summed E-state index contributed by atoms with van der Waals surface area (Å²) in [7, 11) is 0. The van der Waals surface area contributed by atoms with Crippen LogP contribution in [-0.2, 0) is 17.6 Å². The highest BCUT2D eigenvalue weighted by Crippen LogP contribution is 2.34. The number of benzene rings is 1. The SMILES string of the molecule is O=C(OC1Cc2ccccc2C1)N1CC[C@H](CNc2cccnn2)C(F)(F)C1. The zero-order valence-corrected chi connectivity index (χ0v) is 15.4. The van der Waals surface area contributed by atoms with Gasteiger partial charge in [-0.15, -0.1) is 5.10 Å². The van der Waals surface area contributed by atoms with Gasteiger partial charge in [0.2, 0.25) is 0 Å². The van der Waals surface area contributed by atoms with Crippen LogP contribution in [0.2, 0.25) is 0 Å². The molecule has 0 radical (unpaired) electrons. The van der Waals surface area contributed by atoms with Crippen LogP contribution >= 0.6 is 0 Å². The first kappa shape index (κ1) is 18.6. The van der Waals surface area contributed by atoms with Crippen LogP contribution in [0.3, 0.4) is 0 Å². The van der Waals surface area contributed by atoms with Crippen LogP contribution in [0.4, 0.5) is 19.4 Å². The van der Waals surface area contributed by atoms with E-state index in [0.29, 0.717) is 18.7 Å². The van der Waals surface area contributed by atoms with Crippen molar-refractivity contribution in [2.45, 2.75) is 31.3 Å². The molecule has 0 saturated carbocycles. The van der Waals surface area contributed by atoms with Crippen LogP contribution in [0.15, 0.2) is 42.6 Å². The summed E-state index contributed by atoms with van der Waals surface area (Å²) in [5.74, 6) is -3.42. The van der Waals surface area contributed by atoms with E-state index in [9.17, 15) is 13.6 Å². The molecule has 4 rings (SSSR count). The van der Waals surface area contributed by atoms with Crippen LogP contribution in [0.1, 0.15) is 17.5 Å². The minimum Gasteiger partial charge on any atom is -0.445 e. The highest BCUT2D eigenvalue weighted by Gasteiger charge is 2.46. The Bertz CT molecular complexity index is 809. The summed E-state index contributed by atoms with van der Waals surface area (Å²) in [6.45, 7) is -0.300. The van der Waals surface area contributed by atoms with Gasteiger partial charge < -0.3 is 15.0 Å². The van der Waals surface area contributed by atoms with E-state index in [1.807, 2.05) is 24.3 Å². The first-order valence-electron chi connectivity index (χ1n) is 9.43. The maximum Gasteiger partial charge on any atom is 0.410 e. The number of fused-ring (bicyclic) bond motifs is 1. The number of halogens is 2. The fourth-order valence-corrected chi connectivity index (χ4v) is 3.84. The minimum atomic E-state index is -2.99. The maximum absolute atomic E-state index is 14.6. The Balaban J connectivity index is 1.30. The van der Waals surface area contributed by atoms with E-state index in [-0.39, 0.29) is 25.6 Å². The molecule has 1 aliphatic heterocycles. The van der Waals surface area contributed by atoms with Gasteiger partial charge in [-0.2, -0.15) is 5.10 Å². The first-order chi connectivity index (χ1) is 13.5. The molecule has 1 aromatic heterocycles. The number of piperidine rings is 1. The Labute approximate surface area is 161 Å². The number of aromatic nitrogens is 2. The lowest BCUT2D eigenvalue weighted by atomic mass is 9.93. The van der Waals surface area contributed by atoms with Gasteiger partial charge in [-0.3, -0.25) is 0 Å². The molecular weight excluding hydrogens is 366 g/mol. The predicted octanol–water partition coefficient (Wildman–Crippen LogP) is 3.15. The molecule has 1 N–H and O–H groups in total. The number of hydrogen-bond donors (Lipinski definition) is 1.